The zero-order valence-corrected chi connectivity index (χ0v) is 19.7. The van der Waals surface area contributed by atoms with Crippen LogP contribution >= 0.6 is 11.8 Å². The number of aryl methyl sites for hydroxylation is 2. The normalized spacial score (nSPS) is 11.8. The van der Waals surface area contributed by atoms with E-state index >= 15 is 0 Å². The molecule has 6 heteroatoms. The van der Waals surface area contributed by atoms with E-state index in [1.165, 1.54) is 28.8 Å². The molecule has 2 amide bonds. The second-order valence-corrected chi connectivity index (χ2v) is 8.84. The van der Waals surface area contributed by atoms with Crippen LogP contribution in [0.5, 0.6) is 0 Å². The van der Waals surface area contributed by atoms with Crippen molar-refractivity contribution in [3.63, 3.8) is 0 Å². The summed E-state index contributed by atoms with van der Waals surface area (Å²) in [6.07, 6.45) is 1.35. The first-order valence-corrected chi connectivity index (χ1v) is 12.0. The minimum absolute atomic E-state index is 0.0859. The first-order valence-electron chi connectivity index (χ1n) is 10.8. The molecule has 0 fully saturated rings. The van der Waals surface area contributed by atoms with Gasteiger partial charge in [0.1, 0.15) is 11.9 Å². The Hall–Kier alpha value is -2.34. The molecule has 0 spiro atoms. The summed E-state index contributed by atoms with van der Waals surface area (Å²) >= 11 is 1.55. The topological polar surface area (TPSA) is 49.4 Å². The molecule has 0 aliphatic heterocycles. The predicted molar refractivity (Wildman–Crippen MR) is 126 cm³/mol. The number of rotatable bonds is 11. The molecule has 0 bridgehead atoms. The summed E-state index contributed by atoms with van der Waals surface area (Å²) in [4.78, 5) is 27.5. The van der Waals surface area contributed by atoms with Gasteiger partial charge in [0, 0.05) is 18.8 Å². The highest BCUT2D eigenvalue weighted by Gasteiger charge is 2.28. The van der Waals surface area contributed by atoms with Crippen molar-refractivity contribution < 1.29 is 14.0 Å². The lowest BCUT2D eigenvalue weighted by Gasteiger charge is -2.30. The Kier molecular flexibility index (Phi) is 10.0. The number of carbonyl (C=O) groups excluding carboxylic acids is 2. The van der Waals surface area contributed by atoms with Crippen LogP contribution in [0.15, 0.2) is 42.5 Å². The lowest BCUT2D eigenvalue weighted by atomic mass is 10.1. The van der Waals surface area contributed by atoms with Crippen molar-refractivity contribution in [2.45, 2.75) is 58.9 Å². The summed E-state index contributed by atoms with van der Waals surface area (Å²) in [7, 11) is 0. The van der Waals surface area contributed by atoms with Crippen LogP contribution in [0.3, 0.4) is 0 Å². The highest BCUT2D eigenvalue weighted by atomic mass is 32.2. The number of thioether (sulfide) groups is 1. The fourth-order valence-electron chi connectivity index (χ4n) is 3.56. The number of nitrogens with zero attached hydrogens (tertiary/aromatic N) is 1. The van der Waals surface area contributed by atoms with Gasteiger partial charge in [-0.3, -0.25) is 9.59 Å². The summed E-state index contributed by atoms with van der Waals surface area (Å²) in [5, 5.41) is 2.91. The zero-order chi connectivity index (χ0) is 22.8. The molecule has 0 aromatic heterocycles. The minimum Gasteiger partial charge on any atom is -0.354 e. The third kappa shape index (κ3) is 8.02. The molecule has 168 valence electrons. The molecule has 1 atom stereocenters. The SMILES string of the molecule is CCCNC(=O)C(CC)N(Cc1ccc(F)cc1)C(=O)CSCc1cc(C)cc(C)c1. The van der Waals surface area contributed by atoms with Gasteiger partial charge in [-0.05, 0) is 49.9 Å². The van der Waals surface area contributed by atoms with E-state index in [4.69, 9.17) is 0 Å². The highest BCUT2D eigenvalue weighted by molar-refractivity contribution is 7.99. The second-order valence-electron chi connectivity index (χ2n) is 7.85. The van der Waals surface area contributed by atoms with Crippen molar-refractivity contribution in [3.8, 4) is 0 Å². The van der Waals surface area contributed by atoms with Crippen LogP contribution in [0.25, 0.3) is 0 Å². The molecule has 0 radical (unpaired) electrons. The maximum absolute atomic E-state index is 13.3. The zero-order valence-electron chi connectivity index (χ0n) is 18.9. The van der Waals surface area contributed by atoms with Gasteiger partial charge in [-0.1, -0.05) is 55.3 Å². The highest BCUT2D eigenvalue weighted by Crippen LogP contribution is 2.19. The summed E-state index contributed by atoms with van der Waals surface area (Å²) in [6.45, 7) is 8.89. The average Bonchev–Trinajstić information content (AvgIpc) is 2.72. The standard InChI is InChI=1S/C25H33FN2O2S/c1-5-11-27-25(30)23(6-2)28(15-20-7-9-22(26)10-8-20)24(29)17-31-16-21-13-18(3)12-19(4)14-21/h7-10,12-14,23H,5-6,11,15-17H2,1-4H3,(H,27,30). The Morgan fingerprint density at radius 3 is 2.26 bits per heavy atom. The Morgan fingerprint density at radius 2 is 1.68 bits per heavy atom. The van der Waals surface area contributed by atoms with E-state index in [0.29, 0.717) is 13.0 Å². The quantitative estimate of drug-likeness (QED) is 0.530. The fourth-order valence-corrected chi connectivity index (χ4v) is 4.41. The number of halogens is 1. The summed E-state index contributed by atoms with van der Waals surface area (Å²) < 4.78 is 13.3. The van der Waals surface area contributed by atoms with Crippen LogP contribution in [-0.4, -0.2) is 35.1 Å². The number of hydrogen-bond acceptors (Lipinski definition) is 3. The van der Waals surface area contributed by atoms with Gasteiger partial charge in [-0.2, -0.15) is 0 Å². The van der Waals surface area contributed by atoms with Gasteiger partial charge in [-0.15, -0.1) is 11.8 Å². The van der Waals surface area contributed by atoms with Crippen molar-refractivity contribution in [1.82, 2.24) is 10.2 Å². The molecule has 2 aromatic rings. The predicted octanol–water partition coefficient (Wildman–Crippen LogP) is 5.01. The molecule has 0 saturated carbocycles. The van der Waals surface area contributed by atoms with E-state index in [2.05, 4.69) is 37.4 Å². The van der Waals surface area contributed by atoms with Crippen LogP contribution < -0.4 is 5.32 Å². The average molecular weight is 445 g/mol. The van der Waals surface area contributed by atoms with E-state index in [-0.39, 0.29) is 29.9 Å². The minimum atomic E-state index is -0.550. The maximum atomic E-state index is 13.3. The van der Waals surface area contributed by atoms with Gasteiger partial charge in [0.05, 0.1) is 5.75 Å². The summed E-state index contributed by atoms with van der Waals surface area (Å²) in [6, 6.07) is 11.9. The van der Waals surface area contributed by atoms with E-state index in [1.807, 2.05) is 13.8 Å². The van der Waals surface area contributed by atoms with Crippen LogP contribution in [0, 0.1) is 19.7 Å². The molecule has 0 saturated heterocycles. The third-order valence-electron chi connectivity index (χ3n) is 4.98. The molecule has 2 rings (SSSR count). The Bertz CT molecular complexity index is 850. The van der Waals surface area contributed by atoms with Gasteiger partial charge < -0.3 is 10.2 Å². The largest absolute Gasteiger partial charge is 0.354 e. The van der Waals surface area contributed by atoms with E-state index < -0.39 is 6.04 Å². The number of benzene rings is 2. The first kappa shape index (κ1) is 24.9. The number of hydrogen-bond donors (Lipinski definition) is 1. The molecule has 0 aliphatic carbocycles. The van der Waals surface area contributed by atoms with E-state index in [0.717, 1.165) is 17.7 Å². The van der Waals surface area contributed by atoms with Crippen molar-refractivity contribution in [3.05, 3.63) is 70.5 Å². The third-order valence-corrected chi connectivity index (χ3v) is 5.97. The number of amides is 2. The molecule has 31 heavy (non-hydrogen) atoms. The molecule has 2 aromatic carbocycles. The molecule has 0 aliphatic rings. The lowest BCUT2D eigenvalue weighted by Crippen LogP contribution is -2.49. The Balaban J connectivity index is 2.11. The monoisotopic (exact) mass is 444 g/mol. The van der Waals surface area contributed by atoms with E-state index in [9.17, 15) is 14.0 Å². The van der Waals surface area contributed by atoms with Crippen LogP contribution in [-0.2, 0) is 21.9 Å². The molecule has 4 nitrogen and oxygen atoms in total. The van der Waals surface area contributed by atoms with Gasteiger partial charge in [0.2, 0.25) is 11.8 Å². The summed E-state index contributed by atoms with van der Waals surface area (Å²) in [5.41, 5.74) is 4.40. The lowest BCUT2D eigenvalue weighted by molar-refractivity contribution is -0.139. The van der Waals surface area contributed by atoms with Crippen molar-refractivity contribution >= 4 is 23.6 Å². The van der Waals surface area contributed by atoms with Gasteiger partial charge in [0.25, 0.3) is 0 Å². The summed E-state index contributed by atoms with van der Waals surface area (Å²) in [5.74, 6) is 0.470. The molecular weight excluding hydrogens is 411 g/mol. The van der Waals surface area contributed by atoms with Crippen LogP contribution in [0.1, 0.15) is 48.9 Å². The van der Waals surface area contributed by atoms with Crippen LogP contribution in [0.2, 0.25) is 0 Å². The Morgan fingerprint density at radius 1 is 1.03 bits per heavy atom. The van der Waals surface area contributed by atoms with E-state index in [1.54, 1.807) is 28.8 Å². The second kappa shape index (κ2) is 12.5. The van der Waals surface area contributed by atoms with Crippen molar-refractivity contribution in [2.75, 3.05) is 12.3 Å². The smallest absolute Gasteiger partial charge is 0.242 e. The Labute approximate surface area is 189 Å². The van der Waals surface area contributed by atoms with Gasteiger partial charge >= 0.3 is 0 Å². The van der Waals surface area contributed by atoms with Crippen molar-refractivity contribution in [2.24, 2.45) is 0 Å². The molecule has 1 unspecified atom stereocenters. The van der Waals surface area contributed by atoms with Crippen molar-refractivity contribution in [1.29, 1.82) is 0 Å². The maximum Gasteiger partial charge on any atom is 0.242 e. The fraction of sp³-hybridized carbons (Fsp3) is 0.440. The first-order chi connectivity index (χ1) is 14.8. The molecule has 1 N–H and O–H groups in total. The van der Waals surface area contributed by atoms with Gasteiger partial charge in [0.15, 0.2) is 0 Å². The van der Waals surface area contributed by atoms with Gasteiger partial charge in [-0.25, -0.2) is 4.39 Å². The molecule has 0 heterocycles. The molecular formula is C25H33FN2O2S. The number of carbonyl (C=O) groups is 2. The van der Waals surface area contributed by atoms with Crippen LogP contribution in [0.4, 0.5) is 4.39 Å². The number of nitrogens with one attached hydrogen (secondary N) is 1.